The average Bonchev–Trinajstić information content (AvgIpc) is 2.55. The van der Waals surface area contributed by atoms with Crippen LogP contribution < -0.4 is 8.92 Å². The molecule has 0 aromatic heterocycles. The van der Waals surface area contributed by atoms with Gasteiger partial charge >= 0.3 is 22.4 Å². The van der Waals surface area contributed by atoms with Crippen molar-refractivity contribution in [3.8, 4) is 11.5 Å². The van der Waals surface area contributed by atoms with Gasteiger partial charge in [-0.25, -0.2) is 0 Å². The summed E-state index contributed by atoms with van der Waals surface area (Å²) in [4.78, 5) is 10.4. The number of ether oxygens (including phenoxy) is 2. The van der Waals surface area contributed by atoms with E-state index in [1.165, 1.54) is 43.5 Å². The molecule has 0 saturated carbocycles. The molecule has 0 aliphatic heterocycles. The highest BCUT2D eigenvalue weighted by atomic mass is 32.2. The molecule has 0 fully saturated rings. The Balaban J connectivity index is 2.23. The summed E-state index contributed by atoms with van der Waals surface area (Å²) in [7, 11) is -3.34. The lowest BCUT2D eigenvalue weighted by Crippen LogP contribution is -2.20. The topological polar surface area (TPSA) is 78.9 Å². The summed E-state index contributed by atoms with van der Waals surface area (Å²) in [6.45, 7) is 0. The van der Waals surface area contributed by atoms with Gasteiger partial charge in [-0.15, -0.1) is 13.2 Å². The Morgan fingerprint density at radius 2 is 1.65 bits per heavy atom. The third-order valence-electron chi connectivity index (χ3n) is 3.05. The van der Waals surface area contributed by atoms with E-state index in [-0.39, 0.29) is 12.2 Å². The lowest BCUT2D eigenvalue weighted by molar-refractivity contribution is -0.275. The van der Waals surface area contributed by atoms with Gasteiger partial charge < -0.3 is 13.7 Å². The number of hydrogen-bond donors (Lipinski definition) is 0. The fourth-order valence-electron chi connectivity index (χ4n) is 1.94. The Morgan fingerprint density at radius 3 is 2.23 bits per heavy atom. The van der Waals surface area contributed by atoms with E-state index in [0.29, 0.717) is 5.56 Å². The number of hydrogen-bond acceptors (Lipinski definition) is 6. The normalized spacial score (nSPS) is 11.7. The molecule has 0 unspecified atom stereocenters. The van der Waals surface area contributed by atoms with Crippen LogP contribution in [-0.4, -0.2) is 27.9 Å². The smallest absolute Gasteiger partial charge is 0.469 e. The van der Waals surface area contributed by atoms with E-state index < -0.39 is 33.1 Å². The Morgan fingerprint density at radius 1 is 1.04 bits per heavy atom. The number of para-hydroxylation sites is 1. The molecule has 0 radical (unpaired) electrons. The van der Waals surface area contributed by atoms with E-state index in [0.717, 1.165) is 12.1 Å². The Kier molecular flexibility index (Phi) is 5.76. The van der Waals surface area contributed by atoms with Crippen LogP contribution in [0.5, 0.6) is 11.5 Å². The summed E-state index contributed by atoms with van der Waals surface area (Å²) >= 11 is 0. The van der Waals surface area contributed by atoms with E-state index in [9.17, 15) is 26.4 Å². The maximum Gasteiger partial charge on any atom is 0.573 e. The average molecular weight is 390 g/mol. The third-order valence-corrected chi connectivity index (χ3v) is 4.34. The van der Waals surface area contributed by atoms with Crippen molar-refractivity contribution in [1.29, 1.82) is 0 Å². The molecule has 2 aromatic rings. The van der Waals surface area contributed by atoms with Gasteiger partial charge in [0.15, 0.2) is 5.75 Å². The summed E-state index contributed by atoms with van der Waals surface area (Å²) in [6.07, 6.45) is -5.08. The molecule has 26 heavy (non-hydrogen) atoms. The highest BCUT2D eigenvalue weighted by molar-refractivity contribution is 7.87. The highest BCUT2D eigenvalue weighted by Crippen LogP contribution is 2.31. The Labute approximate surface area is 147 Å². The van der Waals surface area contributed by atoms with Gasteiger partial charge in [-0.05, 0) is 29.8 Å². The first-order valence-electron chi connectivity index (χ1n) is 7.06. The largest absolute Gasteiger partial charge is 0.573 e. The zero-order chi connectivity index (χ0) is 19.4. The minimum Gasteiger partial charge on any atom is -0.469 e. The van der Waals surface area contributed by atoms with Gasteiger partial charge in [0.25, 0.3) is 0 Å². The van der Waals surface area contributed by atoms with Crippen LogP contribution in [0.2, 0.25) is 0 Å². The van der Waals surface area contributed by atoms with Crippen molar-refractivity contribution in [1.82, 2.24) is 0 Å². The van der Waals surface area contributed by atoms with Crippen LogP contribution in [0.3, 0.4) is 0 Å². The number of esters is 1. The SMILES string of the molecule is COC(=O)Cc1ccc(OS(=O)(=O)c2ccccc2OC(F)(F)F)cc1. The van der Waals surface area contributed by atoms with E-state index in [1.54, 1.807) is 0 Å². The van der Waals surface area contributed by atoms with Gasteiger partial charge in [0.2, 0.25) is 0 Å². The minimum absolute atomic E-state index is 0.0220. The quantitative estimate of drug-likeness (QED) is 0.557. The molecule has 0 atom stereocenters. The van der Waals surface area contributed by atoms with Crippen molar-refractivity contribution in [3.05, 3.63) is 54.1 Å². The van der Waals surface area contributed by atoms with Crippen LogP contribution in [0, 0.1) is 0 Å². The van der Waals surface area contributed by atoms with Crippen LogP contribution in [0.15, 0.2) is 53.4 Å². The molecular formula is C16H13F3O6S. The maximum atomic E-state index is 12.4. The summed E-state index contributed by atoms with van der Waals surface area (Å²) < 4.78 is 74.9. The zero-order valence-corrected chi connectivity index (χ0v) is 14.1. The van der Waals surface area contributed by atoms with Gasteiger partial charge in [0.1, 0.15) is 10.6 Å². The monoisotopic (exact) mass is 390 g/mol. The molecule has 0 N–H and O–H groups in total. The summed E-state index contributed by atoms with van der Waals surface area (Å²) in [5.74, 6) is -1.52. The van der Waals surface area contributed by atoms with Crippen molar-refractivity contribution in [2.75, 3.05) is 7.11 Å². The maximum absolute atomic E-state index is 12.4. The van der Waals surface area contributed by atoms with E-state index in [4.69, 9.17) is 4.18 Å². The zero-order valence-electron chi connectivity index (χ0n) is 13.3. The number of alkyl halides is 3. The van der Waals surface area contributed by atoms with E-state index >= 15 is 0 Å². The first kappa shape index (κ1) is 19.6. The lowest BCUT2D eigenvalue weighted by Gasteiger charge is -2.13. The number of carbonyl (C=O) groups is 1. The van der Waals surface area contributed by atoms with Crippen LogP contribution in [0.25, 0.3) is 0 Å². The lowest BCUT2D eigenvalue weighted by atomic mass is 10.1. The number of halogens is 3. The van der Waals surface area contributed by atoms with Gasteiger partial charge in [-0.3, -0.25) is 4.79 Å². The van der Waals surface area contributed by atoms with Crippen LogP contribution in [0.4, 0.5) is 13.2 Å². The molecule has 0 spiro atoms. The van der Waals surface area contributed by atoms with Crippen molar-refractivity contribution in [2.24, 2.45) is 0 Å². The first-order chi connectivity index (χ1) is 12.1. The predicted octanol–water partition coefficient (Wildman–Crippen LogP) is 3.07. The summed E-state index contributed by atoms with van der Waals surface area (Å²) in [5.41, 5.74) is 0.544. The van der Waals surface area contributed by atoms with Crippen molar-refractivity contribution >= 4 is 16.1 Å². The highest BCUT2D eigenvalue weighted by Gasteiger charge is 2.34. The van der Waals surface area contributed by atoms with E-state index in [1.807, 2.05) is 0 Å². The molecule has 0 aliphatic rings. The second-order valence-electron chi connectivity index (χ2n) is 4.93. The Hall–Kier alpha value is -2.75. The molecule has 0 bridgehead atoms. The van der Waals surface area contributed by atoms with Gasteiger partial charge in [-0.2, -0.15) is 8.42 Å². The number of carbonyl (C=O) groups excluding carboxylic acids is 1. The molecule has 2 aromatic carbocycles. The van der Waals surface area contributed by atoms with Crippen LogP contribution in [-0.2, 0) is 26.1 Å². The minimum atomic E-state index is -5.05. The number of rotatable bonds is 6. The predicted molar refractivity (Wildman–Crippen MR) is 83.1 cm³/mol. The second-order valence-corrected chi connectivity index (χ2v) is 6.44. The second kappa shape index (κ2) is 7.65. The third kappa shape index (κ3) is 5.38. The molecule has 0 amide bonds. The fourth-order valence-corrected chi connectivity index (χ4v) is 2.99. The Bertz CT molecular complexity index is 876. The van der Waals surface area contributed by atoms with Gasteiger partial charge in [0.05, 0.1) is 13.5 Å². The summed E-state index contributed by atoms with van der Waals surface area (Å²) in [5, 5.41) is 0. The van der Waals surface area contributed by atoms with Crippen molar-refractivity contribution in [2.45, 2.75) is 17.7 Å². The molecule has 0 saturated heterocycles. The van der Waals surface area contributed by atoms with E-state index in [2.05, 4.69) is 9.47 Å². The van der Waals surface area contributed by atoms with Crippen molar-refractivity contribution in [3.63, 3.8) is 0 Å². The molecule has 2 rings (SSSR count). The fraction of sp³-hybridized carbons (Fsp3) is 0.188. The molecule has 6 nitrogen and oxygen atoms in total. The van der Waals surface area contributed by atoms with Crippen LogP contribution in [0.1, 0.15) is 5.56 Å². The van der Waals surface area contributed by atoms with Crippen LogP contribution >= 0.6 is 0 Å². The standard InChI is InChI=1S/C16H13F3O6S/c1-23-15(20)10-11-6-8-12(9-7-11)25-26(21,22)14-5-3-2-4-13(14)24-16(17,18)19/h2-9H,10H2,1H3. The molecular weight excluding hydrogens is 377 g/mol. The number of benzene rings is 2. The van der Waals surface area contributed by atoms with Gasteiger partial charge in [-0.1, -0.05) is 24.3 Å². The van der Waals surface area contributed by atoms with Crippen molar-refractivity contribution < 1.29 is 40.0 Å². The number of methoxy groups -OCH3 is 1. The van der Waals surface area contributed by atoms with Gasteiger partial charge in [0, 0.05) is 0 Å². The molecule has 0 aliphatic carbocycles. The first-order valence-corrected chi connectivity index (χ1v) is 8.46. The molecule has 0 heterocycles. The molecule has 10 heteroatoms. The molecule has 140 valence electrons. The summed E-state index contributed by atoms with van der Waals surface area (Å²) in [6, 6.07) is 9.62.